The van der Waals surface area contributed by atoms with Crippen LogP contribution < -0.4 is 10.1 Å². The van der Waals surface area contributed by atoms with E-state index >= 15 is 0 Å². The van der Waals surface area contributed by atoms with E-state index in [9.17, 15) is 0 Å². The summed E-state index contributed by atoms with van der Waals surface area (Å²) >= 11 is 12.2. The molecule has 0 unspecified atom stereocenters. The minimum Gasteiger partial charge on any atom is -0.495 e. The van der Waals surface area contributed by atoms with Crippen LogP contribution in [0.5, 0.6) is 5.75 Å². The quantitative estimate of drug-likeness (QED) is 0.683. The number of fused-ring (bicyclic) bond motifs is 1. The summed E-state index contributed by atoms with van der Waals surface area (Å²) in [5.41, 5.74) is 1.49. The summed E-state index contributed by atoms with van der Waals surface area (Å²) in [5.74, 6) is 1.18. The first-order valence-electron chi connectivity index (χ1n) is 7.04. The molecule has 0 aliphatic carbocycles. The number of hydrogen-bond acceptors (Lipinski definition) is 5. The van der Waals surface area contributed by atoms with Crippen molar-refractivity contribution in [3.8, 4) is 11.8 Å². The van der Waals surface area contributed by atoms with Gasteiger partial charge in [-0.1, -0.05) is 29.3 Å². The third-order valence-electron chi connectivity index (χ3n) is 3.54. The lowest BCUT2D eigenvalue weighted by Gasteiger charge is -2.10. The molecule has 0 radical (unpaired) electrons. The molecule has 1 aromatic heterocycles. The molecule has 0 fully saturated rings. The van der Waals surface area contributed by atoms with Crippen LogP contribution in [0.3, 0.4) is 0 Å². The van der Waals surface area contributed by atoms with E-state index in [0.717, 1.165) is 16.3 Å². The Balaban J connectivity index is 0.00000225. The highest BCUT2D eigenvalue weighted by molar-refractivity contribution is 6.34. The van der Waals surface area contributed by atoms with Gasteiger partial charge >= 0.3 is 0 Å². The van der Waals surface area contributed by atoms with E-state index in [0.29, 0.717) is 33.9 Å². The van der Waals surface area contributed by atoms with Crippen LogP contribution in [0.4, 0.5) is 5.82 Å². The van der Waals surface area contributed by atoms with Gasteiger partial charge in [-0.15, -0.1) is 22.6 Å². The third-order valence-corrected chi connectivity index (χ3v) is 4.11. The van der Waals surface area contributed by atoms with Crippen LogP contribution in [-0.4, -0.2) is 17.3 Å². The fraction of sp³-hybridized carbons (Fsp3) is 0.118. The van der Waals surface area contributed by atoms with Crippen molar-refractivity contribution in [1.82, 2.24) is 10.2 Å². The third kappa shape index (κ3) is 4.05. The molecule has 5 nitrogen and oxygen atoms in total. The van der Waals surface area contributed by atoms with Gasteiger partial charge in [0.2, 0.25) is 0 Å². The molecule has 0 aliphatic heterocycles. The molecule has 3 rings (SSSR count). The van der Waals surface area contributed by atoms with Crippen molar-refractivity contribution in [3.63, 3.8) is 0 Å². The maximum Gasteiger partial charge on any atom is 0.159 e. The minimum absolute atomic E-state index is 0. The van der Waals surface area contributed by atoms with Gasteiger partial charge in [-0.25, -0.2) is 0 Å². The summed E-state index contributed by atoms with van der Waals surface area (Å²) < 4.78 is 5.14. The van der Waals surface area contributed by atoms with Gasteiger partial charge in [-0.2, -0.15) is 5.26 Å². The summed E-state index contributed by atoms with van der Waals surface area (Å²) in [7, 11) is 1.57. The predicted octanol–water partition coefficient (Wildman–Crippen LogP) is 4.85. The molecular formula is C17H13Cl3N4O. The predicted molar refractivity (Wildman–Crippen MR) is 102 cm³/mol. The summed E-state index contributed by atoms with van der Waals surface area (Å²) in [6, 6.07) is 12.8. The molecule has 0 atom stereocenters. The maximum atomic E-state index is 9.08. The van der Waals surface area contributed by atoms with Crippen LogP contribution in [0, 0.1) is 11.3 Å². The first-order valence-corrected chi connectivity index (χ1v) is 7.80. The van der Waals surface area contributed by atoms with E-state index in [2.05, 4.69) is 21.6 Å². The molecule has 25 heavy (non-hydrogen) atoms. The van der Waals surface area contributed by atoms with Gasteiger partial charge in [0.15, 0.2) is 11.0 Å². The highest BCUT2D eigenvalue weighted by atomic mass is 35.5. The van der Waals surface area contributed by atoms with Crippen LogP contribution in [0.1, 0.15) is 11.1 Å². The molecule has 0 saturated heterocycles. The van der Waals surface area contributed by atoms with Gasteiger partial charge in [0.05, 0.1) is 23.8 Å². The summed E-state index contributed by atoms with van der Waals surface area (Å²) in [6.07, 6.45) is 0. The van der Waals surface area contributed by atoms with E-state index < -0.39 is 0 Å². The molecule has 1 N–H and O–H groups in total. The Morgan fingerprint density at radius 2 is 1.92 bits per heavy atom. The molecule has 0 bridgehead atoms. The fourth-order valence-electron chi connectivity index (χ4n) is 2.33. The van der Waals surface area contributed by atoms with Crippen molar-refractivity contribution < 1.29 is 4.74 Å². The Morgan fingerprint density at radius 1 is 1.12 bits per heavy atom. The van der Waals surface area contributed by atoms with Crippen molar-refractivity contribution in [2.75, 3.05) is 12.4 Å². The average molecular weight is 396 g/mol. The standard InChI is InChI=1S/C17H12Cl2N4O.ClH/c1-24-15-5-3-11(7-14(15)18)9-21-17-13-6-10(8-20)2-4-12(13)16(19)22-23-17;/h2-7H,9H2,1H3,(H,21,23);1H. The topological polar surface area (TPSA) is 70.8 Å². The van der Waals surface area contributed by atoms with Crippen LogP contribution in [0.25, 0.3) is 10.8 Å². The van der Waals surface area contributed by atoms with Crippen LogP contribution in [0.15, 0.2) is 36.4 Å². The number of nitriles is 1. The highest BCUT2D eigenvalue weighted by Crippen LogP contribution is 2.28. The smallest absolute Gasteiger partial charge is 0.159 e. The first-order chi connectivity index (χ1) is 11.6. The average Bonchev–Trinajstić information content (AvgIpc) is 2.61. The van der Waals surface area contributed by atoms with Crippen LogP contribution in [-0.2, 0) is 6.54 Å². The molecule has 2 aromatic carbocycles. The number of nitrogens with one attached hydrogen (secondary N) is 1. The van der Waals surface area contributed by atoms with E-state index in [1.807, 2.05) is 12.1 Å². The van der Waals surface area contributed by atoms with Gasteiger partial charge in [0, 0.05) is 17.3 Å². The minimum atomic E-state index is 0. The van der Waals surface area contributed by atoms with E-state index in [-0.39, 0.29) is 12.4 Å². The zero-order chi connectivity index (χ0) is 17.1. The zero-order valence-electron chi connectivity index (χ0n) is 13.1. The molecular weight excluding hydrogens is 383 g/mol. The summed E-state index contributed by atoms with van der Waals surface area (Å²) in [4.78, 5) is 0. The van der Waals surface area contributed by atoms with Gasteiger partial charge < -0.3 is 10.1 Å². The molecule has 3 aromatic rings. The Hall–Kier alpha value is -2.26. The number of rotatable bonds is 4. The summed E-state index contributed by atoms with van der Waals surface area (Å²) in [6.45, 7) is 0.492. The lowest BCUT2D eigenvalue weighted by Crippen LogP contribution is -2.04. The maximum absolute atomic E-state index is 9.08. The van der Waals surface area contributed by atoms with Crippen molar-refractivity contribution in [2.45, 2.75) is 6.54 Å². The highest BCUT2D eigenvalue weighted by Gasteiger charge is 2.09. The first kappa shape index (κ1) is 19.1. The number of anilines is 1. The molecule has 128 valence electrons. The van der Waals surface area contributed by atoms with Crippen LogP contribution in [0.2, 0.25) is 10.2 Å². The molecule has 8 heteroatoms. The van der Waals surface area contributed by atoms with E-state index in [1.54, 1.807) is 31.4 Å². The number of ether oxygens (including phenoxy) is 1. The largest absolute Gasteiger partial charge is 0.495 e. The van der Waals surface area contributed by atoms with Crippen molar-refractivity contribution in [3.05, 3.63) is 57.7 Å². The Bertz CT molecular complexity index is 957. The monoisotopic (exact) mass is 394 g/mol. The second-order valence-corrected chi connectivity index (χ2v) is 5.80. The number of nitrogens with zero attached hydrogens (tertiary/aromatic N) is 3. The van der Waals surface area contributed by atoms with Gasteiger partial charge in [-0.05, 0) is 35.9 Å². The number of halogens is 3. The Kier molecular flexibility index (Phi) is 6.27. The van der Waals surface area contributed by atoms with Crippen LogP contribution >= 0.6 is 35.6 Å². The van der Waals surface area contributed by atoms with E-state index in [4.69, 9.17) is 33.2 Å². The molecule has 0 amide bonds. The molecule has 0 saturated carbocycles. The lowest BCUT2D eigenvalue weighted by atomic mass is 10.1. The number of methoxy groups -OCH3 is 1. The van der Waals surface area contributed by atoms with E-state index in [1.165, 1.54) is 0 Å². The fourth-order valence-corrected chi connectivity index (χ4v) is 2.81. The SMILES string of the molecule is COc1ccc(CNc2nnc(Cl)c3ccc(C#N)cc23)cc1Cl.Cl. The van der Waals surface area contributed by atoms with Crippen molar-refractivity contribution >= 4 is 52.2 Å². The number of hydrogen-bond donors (Lipinski definition) is 1. The van der Waals surface area contributed by atoms with Crippen molar-refractivity contribution in [2.24, 2.45) is 0 Å². The second-order valence-electron chi connectivity index (χ2n) is 5.03. The second kappa shape index (κ2) is 8.21. The normalized spacial score (nSPS) is 10.0. The zero-order valence-corrected chi connectivity index (χ0v) is 15.4. The lowest BCUT2D eigenvalue weighted by molar-refractivity contribution is 0.415. The molecule has 0 spiro atoms. The van der Waals surface area contributed by atoms with Crippen molar-refractivity contribution in [1.29, 1.82) is 5.26 Å². The van der Waals surface area contributed by atoms with Gasteiger partial charge in [0.25, 0.3) is 0 Å². The molecule has 0 aliphatic rings. The van der Waals surface area contributed by atoms with Gasteiger partial charge in [0.1, 0.15) is 5.75 Å². The number of aromatic nitrogens is 2. The Labute approximate surface area is 160 Å². The Morgan fingerprint density at radius 3 is 2.60 bits per heavy atom. The summed E-state index contributed by atoms with van der Waals surface area (Å²) in [5, 5.41) is 22.6. The van der Waals surface area contributed by atoms with Gasteiger partial charge in [-0.3, -0.25) is 0 Å². The molecule has 1 heterocycles. The number of benzene rings is 2.